The molecule has 0 spiro atoms. The van der Waals surface area contributed by atoms with E-state index < -0.39 is 6.03 Å². The number of benzene rings is 2. The van der Waals surface area contributed by atoms with E-state index in [1.807, 2.05) is 12.1 Å². The molecule has 3 rings (SSSR count). The molecule has 1 aromatic heterocycles. The molecule has 0 aliphatic carbocycles. The topological polar surface area (TPSA) is 85.4 Å². The molecule has 0 aliphatic rings. The summed E-state index contributed by atoms with van der Waals surface area (Å²) < 4.78 is 10.9. The predicted octanol–water partition coefficient (Wildman–Crippen LogP) is 5.28. The SMILES string of the molecule is CC[C@H](C)c1ccc(OCc2nnc(NC(=O)Nc3cccc(OC)c3)s2)cc1. The van der Waals surface area contributed by atoms with Crippen molar-refractivity contribution in [3.05, 3.63) is 59.1 Å². The summed E-state index contributed by atoms with van der Waals surface area (Å²) in [5.41, 5.74) is 1.92. The van der Waals surface area contributed by atoms with Gasteiger partial charge in [-0.2, -0.15) is 0 Å². The first kappa shape index (κ1) is 20.6. The van der Waals surface area contributed by atoms with Crippen molar-refractivity contribution in [2.45, 2.75) is 32.8 Å². The van der Waals surface area contributed by atoms with Gasteiger partial charge in [-0.05, 0) is 42.2 Å². The van der Waals surface area contributed by atoms with E-state index in [2.05, 4.69) is 46.8 Å². The smallest absolute Gasteiger partial charge is 0.325 e. The van der Waals surface area contributed by atoms with Crippen LogP contribution in [-0.2, 0) is 6.61 Å². The number of ether oxygens (including phenoxy) is 2. The van der Waals surface area contributed by atoms with Gasteiger partial charge in [-0.3, -0.25) is 5.32 Å². The minimum absolute atomic E-state index is 0.291. The molecule has 29 heavy (non-hydrogen) atoms. The second-order valence-corrected chi connectivity index (χ2v) is 7.54. The Morgan fingerprint density at radius 3 is 2.62 bits per heavy atom. The summed E-state index contributed by atoms with van der Waals surface area (Å²) in [5.74, 6) is 1.97. The maximum absolute atomic E-state index is 12.1. The van der Waals surface area contributed by atoms with Crippen LogP contribution >= 0.6 is 11.3 Å². The van der Waals surface area contributed by atoms with E-state index in [1.165, 1.54) is 16.9 Å². The number of hydrogen-bond donors (Lipinski definition) is 2. The normalized spacial score (nSPS) is 11.6. The number of carbonyl (C=O) groups is 1. The molecule has 0 fully saturated rings. The Kier molecular flexibility index (Phi) is 7.02. The number of rotatable bonds is 8. The molecule has 0 radical (unpaired) electrons. The van der Waals surface area contributed by atoms with Crippen LogP contribution in [0, 0.1) is 0 Å². The largest absolute Gasteiger partial charge is 0.497 e. The molecule has 0 saturated carbocycles. The number of methoxy groups -OCH3 is 1. The number of hydrogen-bond acceptors (Lipinski definition) is 6. The summed E-state index contributed by atoms with van der Waals surface area (Å²) in [6.07, 6.45) is 1.10. The van der Waals surface area contributed by atoms with Crippen LogP contribution in [0.5, 0.6) is 11.5 Å². The molecular formula is C21H24N4O3S. The van der Waals surface area contributed by atoms with Gasteiger partial charge in [0, 0.05) is 11.8 Å². The number of anilines is 2. The molecule has 0 unspecified atom stereocenters. The van der Waals surface area contributed by atoms with Crippen LogP contribution < -0.4 is 20.1 Å². The molecule has 1 atom stereocenters. The number of carbonyl (C=O) groups excluding carboxylic acids is 1. The second-order valence-electron chi connectivity index (χ2n) is 6.48. The Balaban J connectivity index is 1.50. The molecule has 1 heterocycles. The molecule has 2 aromatic carbocycles. The summed E-state index contributed by atoms with van der Waals surface area (Å²) in [6.45, 7) is 4.67. The van der Waals surface area contributed by atoms with Crippen LogP contribution in [0.15, 0.2) is 48.5 Å². The number of aromatic nitrogens is 2. The molecule has 0 saturated heterocycles. The third kappa shape index (κ3) is 5.92. The van der Waals surface area contributed by atoms with Crippen LogP contribution in [0.1, 0.15) is 36.8 Å². The lowest BCUT2D eigenvalue weighted by atomic mass is 9.99. The number of urea groups is 1. The highest BCUT2D eigenvalue weighted by atomic mass is 32.1. The standard InChI is InChI=1S/C21H24N4O3S/c1-4-14(2)15-8-10-17(11-9-15)28-13-19-24-25-21(29-19)23-20(26)22-16-6-5-7-18(12-16)27-3/h5-12,14H,4,13H2,1-3H3,(H2,22,23,25,26)/t14-/m0/s1. The summed E-state index contributed by atoms with van der Waals surface area (Å²) in [5, 5.41) is 14.5. The van der Waals surface area contributed by atoms with Gasteiger partial charge in [0.05, 0.1) is 7.11 Å². The number of nitrogens with zero attached hydrogens (tertiary/aromatic N) is 2. The van der Waals surface area contributed by atoms with Crippen LogP contribution in [-0.4, -0.2) is 23.3 Å². The second kappa shape index (κ2) is 9.88. The molecule has 8 heteroatoms. The number of nitrogens with one attached hydrogen (secondary N) is 2. The van der Waals surface area contributed by atoms with E-state index in [1.54, 1.807) is 31.4 Å². The van der Waals surface area contributed by atoms with E-state index in [9.17, 15) is 4.79 Å². The van der Waals surface area contributed by atoms with E-state index >= 15 is 0 Å². The van der Waals surface area contributed by atoms with Crippen molar-refractivity contribution in [3.63, 3.8) is 0 Å². The van der Waals surface area contributed by atoms with Gasteiger partial charge in [-0.15, -0.1) is 10.2 Å². The van der Waals surface area contributed by atoms with Crippen LogP contribution in [0.25, 0.3) is 0 Å². The molecule has 152 valence electrons. The van der Waals surface area contributed by atoms with Gasteiger partial charge in [-0.25, -0.2) is 4.79 Å². The van der Waals surface area contributed by atoms with Crippen molar-refractivity contribution in [3.8, 4) is 11.5 Å². The highest BCUT2D eigenvalue weighted by Gasteiger charge is 2.10. The first-order chi connectivity index (χ1) is 14.1. The molecule has 3 aromatic rings. The zero-order valence-electron chi connectivity index (χ0n) is 16.6. The Hall–Kier alpha value is -3.13. The third-order valence-corrected chi connectivity index (χ3v) is 5.25. The average Bonchev–Trinajstić information content (AvgIpc) is 3.19. The molecule has 0 aliphatic heterocycles. The molecular weight excluding hydrogens is 388 g/mol. The third-order valence-electron chi connectivity index (χ3n) is 4.44. The lowest BCUT2D eigenvalue weighted by Gasteiger charge is -2.10. The van der Waals surface area contributed by atoms with Crippen molar-refractivity contribution >= 4 is 28.2 Å². The predicted molar refractivity (Wildman–Crippen MR) is 115 cm³/mol. The minimum atomic E-state index is -0.400. The fraction of sp³-hybridized carbons (Fsp3) is 0.286. The summed E-state index contributed by atoms with van der Waals surface area (Å²) in [7, 11) is 1.57. The van der Waals surface area contributed by atoms with E-state index in [0.717, 1.165) is 12.2 Å². The van der Waals surface area contributed by atoms with Crippen molar-refractivity contribution < 1.29 is 14.3 Å². The fourth-order valence-electron chi connectivity index (χ4n) is 2.60. The highest BCUT2D eigenvalue weighted by Crippen LogP contribution is 2.23. The van der Waals surface area contributed by atoms with Crippen LogP contribution in [0.4, 0.5) is 15.6 Å². The van der Waals surface area contributed by atoms with Crippen molar-refractivity contribution in [2.75, 3.05) is 17.7 Å². The highest BCUT2D eigenvalue weighted by molar-refractivity contribution is 7.15. The van der Waals surface area contributed by atoms with Crippen molar-refractivity contribution in [2.24, 2.45) is 0 Å². The van der Waals surface area contributed by atoms with Gasteiger partial charge in [0.2, 0.25) is 5.13 Å². The van der Waals surface area contributed by atoms with Gasteiger partial charge in [-0.1, -0.05) is 43.4 Å². The lowest BCUT2D eigenvalue weighted by Crippen LogP contribution is -2.19. The molecule has 2 amide bonds. The maximum atomic E-state index is 12.1. The zero-order valence-corrected chi connectivity index (χ0v) is 17.5. The number of amides is 2. The van der Waals surface area contributed by atoms with Gasteiger partial charge in [0.1, 0.15) is 18.1 Å². The van der Waals surface area contributed by atoms with Crippen molar-refractivity contribution in [1.29, 1.82) is 0 Å². The summed E-state index contributed by atoms with van der Waals surface area (Å²) in [6, 6.07) is 14.8. The molecule has 0 bridgehead atoms. The van der Waals surface area contributed by atoms with Crippen molar-refractivity contribution in [1.82, 2.24) is 10.2 Å². The Bertz CT molecular complexity index is 943. The molecule has 7 nitrogen and oxygen atoms in total. The van der Waals surface area contributed by atoms with Gasteiger partial charge < -0.3 is 14.8 Å². The van der Waals surface area contributed by atoms with Gasteiger partial charge >= 0.3 is 6.03 Å². The van der Waals surface area contributed by atoms with Crippen LogP contribution in [0.3, 0.4) is 0 Å². The van der Waals surface area contributed by atoms with E-state index in [0.29, 0.717) is 34.1 Å². The Labute approximate surface area is 174 Å². The first-order valence-corrected chi connectivity index (χ1v) is 10.2. The van der Waals surface area contributed by atoms with Gasteiger partial charge in [0.25, 0.3) is 0 Å². The quantitative estimate of drug-likeness (QED) is 0.525. The summed E-state index contributed by atoms with van der Waals surface area (Å²) >= 11 is 1.27. The Morgan fingerprint density at radius 1 is 1.10 bits per heavy atom. The summed E-state index contributed by atoms with van der Waals surface area (Å²) in [4.78, 5) is 12.1. The zero-order chi connectivity index (χ0) is 20.6. The first-order valence-electron chi connectivity index (χ1n) is 9.34. The average molecular weight is 413 g/mol. The van der Waals surface area contributed by atoms with E-state index in [-0.39, 0.29) is 0 Å². The van der Waals surface area contributed by atoms with Crippen LogP contribution in [0.2, 0.25) is 0 Å². The molecule has 2 N–H and O–H groups in total. The minimum Gasteiger partial charge on any atom is -0.497 e. The Morgan fingerprint density at radius 2 is 1.90 bits per heavy atom. The lowest BCUT2D eigenvalue weighted by molar-refractivity contribution is 0.262. The maximum Gasteiger partial charge on any atom is 0.325 e. The van der Waals surface area contributed by atoms with Gasteiger partial charge in [0.15, 0.2) is 5.01 Å². The fourth-order valence-corrected chi connectivity index (χ4v) is 3.24. The monoisotopic (exact) mass is 412 g/mol. The van der Waals surface area contributed by atoms with E-state index in [4.69, 9.17) is 9.47 Å².